The zero-order valence-electron chi connectivity index (χ0n) is 9.97. The van der Waals surface area contributed by atoms with Crippen molar-refractivity contribution in [3.63, 3.8) is 0 Å². The molecular weight excluding hydrogens is 218 g/mol. The fourth-order valence-corrected chi connectivity index (χ4v) is 1.81. The second-order valence-corrected chi connectivity index (χ2v) is 4.45. The maximum atomic E-state index is 11.1. The number of nitrogens with zero attached hydrogens (tertiary/aromatic N) is 1. The highest BCUT2D eigenvalue weighted by atomic mass is 16.6. The molecule has 1 heterocycles. The van der Waals surface area contributed by atoms with Crippen molar-refractivity contribution in [3.05, 3.63) is 29.8 Å². The molecule has 0 unspecified atom stereocenters. The maximum Gasteiger partial charge on any atom is 0.333 e. The Morgan fingerprint density at radius 2 is 1.59 bits per heavy atom. The molecular formula is C13H15NO3. The van der Waals surface area contributed by atoms with Crippen LogP contribution in [0.1, 0.15) is 25.3 Å². The van der Waals surface area contributed by atoms with Crippen molar-refractivity contribution in [1.29, 1.82) is 0 Å². The van der Waals surface area contributed by atoms with Gasteiger partial charge in [0, 0.05) is 5.69 Å². The molecule has 90 valence electrons. The number of hydrogen-bond acceptors (Lipinski definition) is 4. The Labute approximate surface area is 100 Å². The number of rotatable bonds is 2. The Morgan fingerprint density at radius 1 is 1.06 bits per heavy atom. The van der Waals surface area contributed by atoms with Crippen LogP contribution >= 0.6 is 0 Å². The lowest BCUT2D eigenvalue weighted by Crippen LogP contribution is -2.42. The van der Waals surface area contributed by atoms with Crippen LogP contribution in [0.25, 0.3) is 0 Å². The number of anilines is 1. The quantitative estimate of drug-likeness (QED) is 0.576. The van der Waals surface area contributed by atoms with Crippen LogP contribution in [0.4, 0.5) is 5.69 Å². The third-order valence-corrected chi connectivity index (χ3v) is 2.79. The van der Waals surface area contributed by atoms with E-state index in [4.69, 9.17) is 0 Å². The van der Waals surface area contributed by atoms with Gasteiger partial charge in [-0.05, 0) is 23.6 Å². The molecule has 1 aromatic carbocycles. The van der Waals surface area contributed by atoms with Gasteiger partial charge in [0.1, 0.15) is 13.1 Å². The van der Waals surface area contributed by atoms with E-state index in [1.165, 1.54) is 5.56 Å². The Balaban J connectivity index is 2.16. The molecule has 4 nitrogen and oxygen atoms in total. The molecule has 0 spiro atoms. The number of cyclic esters (lactones) is 2. The van der Waals surface area contributed by atoms with Crippen molar-refractivity contribution >= 4 is 17.6 Å². The molecule has 1 saturated heterocycles. The van der Waals surface area contributed by atoms with E-state index in [0.717, 1.165) is 5.69 Å². The van der Waals surface area contributed by atoms with Gasteiger partial charge in [-0.25, -0.2) is 9.59 Å². The predicted octanol–water partition coefficient (Wildman–Crippen LogP) is 1.70. The summed E-state index contributed by atoms with van der Waals surface area (Å²) < 4.78 is 4.48. The molecule has 1 aliphatic rings. The highest BCUT2D eigenvalue weighted by Gasteiger charge is 2.24. The van der Waals surface area contributed by atoms with Gasteiger partial charge >= 0.3 is 11.9 Å². The Kier molecular flexibility index (Phi) is 3.13. The van der Waals surface area contributed by atoms with Gasteiger partial charge in [0.25, 0.3) is 0 Å². The number of morpholine rings is 1. The van der Waals surface area contributed by atoms with Crippen molar-refractivity contribution in [3.8, 4) is 0 Å². The largest absolute Gasteiger partial charge is 0.390 e. The third-order valence-electron chi connectivity index (χ3n) is 2.79. The van der Waals surface area contributed by atoms with E-state index in [1.807, 2.05) is 24.3 Å². The van der Waals surface area contributed by atoms with Crippen LogP contribution < -0.4 is 4.90 Å². The summed E-state index contributed by atoms with van der Waals surface area (Å²) in [7, 11) is 0. The van der Waals surface area contributed by atoms with Gasteiger partial charge in [0.15, 0.2) is 0 Å². The fourth-order valence-electron chi connectivity index (χ4n) is 1.81. The van der Waals surface area contributed by atoms with Crippen LogP contribution in [0.5, 0.6) is 0 Å². The minimum absolute atomic E-state index is 0.132. The van der Waals surface area contributed by atoms with Crippen LogP contribution in [0.2, 0.25) is 0 Å². The molecule has 2 rings (SSSR count). The van der Waals surface area contributed by atoms with Gasteiger partial charge < -0.3 is 9.64 Å². The maximum absolute atomic E-state index is 11.1. The minimum Gasteiger partial charge on any atom is -0.390 e. The molecule has 0 atom stereocenters. The number of hydrogen-bond donors (Lipinski definition) is 0. The number of carbonyl (C=O) groups excluding carboxylic acids is 2. The van der Waals surface area contributed by atoms with Crippen molar-refractivity contribution in [1.82, 2.24) is 0 Å². The summed E-state index contributed by atoms with van der Waals surface area (Å²) >= 11 is 0. The number of esters is 2. The Morgan fingerprint density at radius 3 is 2.06 bits per heavy atom. The van der Waals surface area contributed by atoms with Crippen LogP contribution in [-0.4, -0.2) is 25.0 Å². The molecule has 0 aliphatic carbocycles. The third kappa shape index (κ3) is 2.64. The van der Waals surface area contributed by atoms with Crippen molar-refractivity contribution in [2.45, 2.75) is 19.8 Å². The molecule has 0 amide bonds. The van der Waals surface area contributed by atoms with Crippen molar-refractivity contribution in [2.24, 2.45) is 0 Å². The van der Waals surface area contributed by atoms with E-state index < -0.39 is 11.9 Å². The zero-order valence-corrected chi connectivity index (χ0v) is 9.97. The predicted molar refractivity (Wildman–Crippen MR) is 63.8 cm³/mol. The summed E-state index contributed by atoms with van der Waals surface area (Å²) in [5.41, 5.74) is 2.11. The molecule has 4 heteroatoms. The first-order valence-electron chi connectivity index (χ1n) is 5.64. The SMILES string of the molecule is CC(C)c1ccc(N2CC(=O)OC(=O)C2)cc1. The van der Waals surface area contributed by atoms with Gasteiger partial charge in [-0.3, -0.25) is 0 Å². The van der Waals surface area contributed by atoms with Crippen molar-refractivity contribution < 1.29 is 14.3 Å². The molecule has 0 radical (unpaired) electrons. The van der Waals surface area contributed by atoms with E-state index in [-0.39, 0.29) is 13.1 Å². The summed E-state index contributed by atoms with van der Waals surface area (Å²) in [6.45, 7) is 4.51. The van der Waals surface area contributed by atoms with Gasteiger partial charge in [0.05, 0.1) is 0 Å². The number of benzene rings is 1. The molecule has 1 aliphatic heterocycles. The average molecular weight is 233 g/mol. The van der Waals surface area contributed by atoms with E-state index in [2.05, 4.69) is 18.6 Å². The average Bonchev–Trinajstić information content (AvgIpc) is 2.28. The summed E-state index contributed by atoms with van der Waals surface area (Å²) in [5.74, 6) is -0.514. The summed E-state index contributed by atoms with van der Waals surface area (Å²) in [6.07, 6.45) is 0. The molecule has 17 heavy (non-hydrogen) atoms. The minimum atomic E-state index is -0.491. The van der Waals surface area contributed by atoms with E-state index in [1.54, 1.807) is 4.90 Å². The first kappa shape index (κ1) is 11.6. The van der Waals surface area contributed by atoms with E-state index in [0.29, 0.717) is 5.92 Å². The van der Waals surface area contributed by atoms with Gasteiger partial charge in [-0.2, -0.15) is 0 Å². The van der Waals surface area contributed by atoms with Crippen molar-refractivity contribution in [2.75, 3.05) is 18.0 Å². The normalized spacial score (nSPS) is 16.3. The second-order valence-electron chi connectivity index (χ2n) is 4.45. The topological polar surface area (TPSA) is 46.6 Å². The van der Waals surface area contributed by atoms with E-state index >= 15 is 0 Å². The Hall–Kier alpha value is -1.84. The zero-order chi connectivity index (χ0) is 12.4. The highest BCUT2D eigenvalue weighted by molar-refractivity contribution is 5.94. The monoisotopic (exact) mass is 233 g/mol. The molecule has 0 aromatic heterocycles. The molecule has 0 saturated carbocycles. The van der Waals surface area contributed by atoms with Gasteiger partial charge in [-0.1, -0.05) is 26.0 Å². The van der Waals surface area contributed by atoms with Crippen LogP contribution in [0.15, 0.2) is 24.3 Å². The highest BCUT2D eigenvalue weighted by Crippen LogP contribution is 2.21. The smallest absolute Gasteiger partial charge is 0.333 e. The molecule has 1 fully saturated rings. The number of ether oxygens (including phenoxy) is 1. The van der Waals surface area contributed by atoms with Crippen LogP contribution in [-0.2, 0) is 14.3 Å². The lowest BCUT2D eigenvalue weighted by atomic mass is 10.0. The van der Waals surface area contributed by atoms with E-state index in [9.17, 15) is 9.59 Å². The Bertz CT molecular complexity index is 420. The molecule has 0 bridgehead atoms. The van der Waals surface area contributed by atoms with Gasteiger partial charge in [-0.15, -0.1) is 0 Å². The summed E-state index contributed by atoms with van der Waals surface area (Å²) in [5, 5.41) is 0. The molecule has 0 N–H and O–H groups in total. The number of carbonyl (C=O) groups is 2. The summed E-state index contributed by atoms with van der Waals surface area (Å²) in [4.78, 5) is 24.0. The standard InChI is InChI=1S/C13H15NO3/c1-9(2)10-3-5-11(6-4-10)14-7-12(15)17-13(16)8-14/h3-6,9H,7-8H2,1-2H3. The van der Waals surface area contributed by atoms with Gasteiger partial charge in [0.2, 0.25) is 0 Å². The second kappa shape index (κ2) is 4.57. The first-order chi connectivity index (χ1) is 8.06. The van der Waals surface area contributed by atoms with Crippen LogP contribution in [0.3, 0.4) is 0 Å². The van der Waals surface area contributed by atoms with Crippen LogP contribution in [0, 0.1) is 0 Å². The summed E-state index contributed by atoms with van der Waals surface area (Å²) in [6, 6.07) is 7.90. The fraction of sp³-hybridized carbons (Fsp3) is 0.385. The lowest BCUT2D eigenvalue weighted by molar-refractivity contribution is -0.160. The lowest BCUT2D eigenvalue weighted by Gasteiger charge is -2.26. The molecule has 1 aromatic rings. The first-order valence-corrected chi connectivity index (χ1v) is 5.64.